The van der Waals surface area contributed by atoms with Crippen LogP contribution in [0.3, 0.4) is 0 Å². The highest BCUT2D eigenvalue weighted by molar-refractivity contribution is 5.90. The number of nitrogens with one attached hydrogen (secondary N) is 1. The van der Waals surface area contributed by atoms with Gasteiger partial charge in [-0.25, -0.2) is 9.67 Å². The number of carbonyl (C=O) groups is 1. The molecule has 0 bridgehead atoms. The molecule has 8 heteroatoms. The van der Waals surface area contributed by atoms with Crippen LogP contribution in [0.5, 0.6) is 0 Å². The molecule has 3 heterocycles. The number of hydrogen-bond acceptors (Lipinski definition) is 6. The summed E-state index contributed by atoms with van der Waals surface area (Å²) >= 11 is 0. The van der Waals surface area contributed by atoms with Gasteiger partial charge in [0.2, 0.25) is 5.91 Å². The fourth-order valence-corrected chi connectivity index (χ4v) is 3.26. The third-order valence-electron chi connectivity index (χ3n) is 4.91. The van der Waals surface area contributed by atoms with E-state index in [2.05, 4.69) is 32.2 Å². The van der Waals surface area contributed by atoms with Gasteiger partial charge in [-0.1, -0.05) is 18.2 Å². The quantitative estimate of drug-likeness (QED) is 0.734. The first kappa shape index (κ1) is 18.1. The number of carbonyl (C=O) groups excluding carboxylic acids is 1. The maximum atomic E-state index is 12.5. The molecule has 1 aromatic carbocycles. The number of hydrogen-bond donors (Lipinski definition) is 1. The van der Waals surface area contributed by atoms with Gasteiger partial charge in [0, 0.05) is 31.6 Å². The maximum Gasteiger partial charge on any atom is 0.275 e. The number of likely N-dealkylation sites (N-methyl/N-ethyl adjacent to an activating group) is 1. The van der Waals surface area contributed by atoms with Crippen molar-refractivity contribution in [3.05, 3.63) is 59.1 Å². The Morgan fingerprint density at radius 2 is 1.86 bits per heavy atom. The van der Waals surface area contributed by atoms with Gasteiger partial charge in [-0.05, 0) is 25.2 Å². The Balaban J connectivity index is 1.41. The molecule has 1 N–H and O–H groups in total. The molecular formula is C20H22N6O2. The van der Waals surface area contributed by atoms with Crippen LogP contribution in [-0.4, -0.2) is 58.8 Å². The van der Waals surface area contributed by atoms with Gasteiger partial charge in [0.1, 0.15) is 12.4 Å². The van der Waals surface area contributed by atoms with E-state index in [0.717, 1.165) is 37.4 Å². The Bertz CT molecular complexity index is 1040. The zero-order chi connectivity index (χ0) is 19.5. The number of anilines is 2. The Morgan fingerprint density at radius 1 is 1.07 bits per heavy atom. The average Bonchev–Trinajstić information content (AvgIpc) is 2.71. The van der Waals surface area contributed by atoms with Crippen LogP contribution in [0.2, 0.25) is 0 Å². The number of benzene rings is 1. The molecule has 1 aliphatic heterocycles. The standard InChI is InChI=1S/C20H22N6O2/c1-24-8-10-25(11-9-24)18-7-6-16(13-21-18)23-19(27)14-26-20(28)17-5-3-2-4-15(17)12-22-26/h2-7,12-13H,8-11,14H2,1H3,(H,23,27). The number of fused-ring (bicyclic) bond motifs is 1. The van der Waals surface area contributed by atoms with Crippen LogP contribution in [0.15, 0.2) is 53.6 Å². The molecule has 28 heavy (non-hydrogen) atoms. The molecule has 2 aromatic heterocycles. The topological polar surface area (TPSA) is 83.4 Å². The number of amides is 1. The van der Waals surface area contributed by atoms with Crippen molar-refractivity contribution in [2.45, 2.75) is 6.54 Å². The normalized spacial score (nSPS) is 15.0. The van der Waals surface area contributed by atoms with Crippen molar-refractivity contribution in [3.63, 3.8) is 0 Å². The zero-order valence-corrected chi connectivity index (χ0v) is 15.7. The third-order valence-corrected chi connectivity index (χ3v) is 4.91. The molecule has 1 saturated heterocycles. The second kappa shape index (κ2) is 7.77. The fraction of sp³-hybridized carbons (Fsp3) is 0.300. The molecule has 0 saturated carbocycles. The molecule has 3 aromatic rings. The third kappa shape index (κ3) is 3.86. The van der Waals surface area contributed by atoms with Crippen molar-refractivity contribution in [1.82, 2.24) is 19.7 Å². The van der Waals surface area contributed by atoms with E-state index in [0.29, 0.717) is 11.1 Å². The molecule has 144 valence electrons. The van der Waals surface area contributed by atoms with Gasteiger partial charge in [0.15, 0.2) is 0 Å². The van der Waals surface area contributed by atoms with E-state index >= 15 is 0 Å². The first-order valence-corrected chi connectivity index (χ1v) is 9.24. The van der Waals surface area contributed by atoms with Gasteiger partial charge in [-0.15, -0.1) is 0 Å². The predicted octanol–water partition coefficient (Wildman–Crippen LogP) is 1.18. The summed E-state index contributed by atoms with van der Waals surface area (Å²) in [4.78, 5) is 33.8. The van der Waals surface area contributed by atoms with Gasteiger partial charge in [0.25, 0.3) is 5.56 Å². The van der Waals surface area contributed by atoms with E-state index in [4.69, 9.17) is 0 Å². The number of piperazine rings is 1. The number of pyridine rings is 1. The van der Waals surface area contributed by atoms with Crippen LogP contribution < -0.4 is 15.8 Å². The zero-order valence-electron chi connectivity index (χ0n) is 15.7. The van der Waals surface area contributed by atoms with Crippen LogP contribution in [-0.2, 0) is 11.3 Å². The number of nitrogens with zero attached hydrogens (tertiary/aromatic N) is 5. The minimum atomic E-state index is -0.320. The van der Waals surface area contributed by atoms with Crippen molar-refractivity contribution in [1.29, 1.82) is 0 Å². The molecule has 0 spiro atoms. The molecule has 4 rings (SSSR count). The highest BCUT2D eigenvalue weighted by atomic mass is 16.2. The van der Waals surface area contributed by atoms with Crippen molar-refractivity contribution in [3.8, 4) is 0 Å². The second-order valence-corrected chi connectivity index (χ2v) is 6.94. The molecule has 8 nitrogen and oxygen atoms in total. The summed E-state index contributed by atoms with van der Waals surface area (Å²) in [6.45, 7) is 3.74. The van der Waals surface area contributed by atoms with Gasteiger partial charge < -0.3 is 15.1 Å². The molecular weight excluding hydrogens is 356 g/mol. The van der Waals surface area contributed by atoms with Gasteiger partial charge in [-0.3, -0.25) is 9.59 Å². The lowest BCUT2D eigenvalue weighted by Crippen LogP contribution is -2.44. The van der Waals surface area contributed by atoms with E-state index in [9.17, 15) is 9.59 Å². The Hall–Kier alpha value is -3.26. The fourth-order valence-electron chi connectivity index (χ4n) is 3.26. The first-order valence-electron chi connectivity index (χ1n) is 9.24. The molecule has 0 unspecified atom stereocenters. The van der Waals surface area contributed by atoms with Crippen molar-refractivity contribution in [2.75, 3.05) is 43.4 Å². The first-order chi connectivity index (χ1) is 13.6. The second-order valence-electron chi connectivity index (χ2n) is 6.94. The minimum absolute atomic E-state index is 0.149. The summed E-state index contributed by atoms with van der Waals surface area (Å²) in [6.07, 6.45) is 3.23. The molecule has 1 amide bonds. The van der Waals surface area contributed by atoms with Crippen molar-refractivity contribution < 1.29 is 4.79 Å². The van der Waals surface area contributed by atoms with Crippen LogP contribution in [0, 0.1) is 0 Å². The molecule has 1 aliphatic rings. The molecule has 0 aliphatic carbocycles. The van der Waals surface area contributed by atoms with E-state index in [1.54, 1.807) is 24.5 Å². The summed E-state index contributed by atoms with van der Waals surface area (Å²) in [7, 11) is 2.11. The lowest BCUT2D eigenvalue weighted by molar-refractivity contribution is -0.117. The van der Waals surface area contributed by atoms with Crippen molar-refractivity contribution >= 4 is 28.2 Å². The smallest absolute Gasteiger partial charge is 0.275 e. The average molecular weight is 378 g/mol. The molecule has 1 fully saturated rings. The minimum Gasteiger partial charge on any atom is -0.354 e. The van der Waals surface area contributed by atoms with E-state index in [-0.39, 0.29) is 18.0 Å². The summed E-state index contributed by atoms with van der Waals surface area (Å²) in [6, 6.07) is 10.9. The maximum absolute atomic E-state index is 12.5. The molecule has 0 radical (unpaired) electrons. The van der Waals surface area contributed by atoms with E-state index in [1.165, 1.54) is 4.68 Å². The number of rotatable bonds is 4. The van der Waals surface area contributed by atoms with Crippen molar-refractivity contribution in [2.24, 2.45) is 0 Å². The largest absolute Gasteiger partial charge is 0.354 e. The van der Waals surface area contributed by atoms with Gasteiger partial charge in [-0.2, -0.15) is 5.10 Å². The van der Waals surface area contributed by atoms with Crippen LogP contribution in [0.4, 0.5) is 11.5 Å². The van der Waals surface area contributed by atoms with E-state index < -0.39 is 0 Å². The lowest BCUT2D eigenvalue weighted by atomic mass is 10.2. The summed E-state index contributed by atoms with van der Waals surface area (Å²) in [5.74, 6) is 0.581. The van der Waals surface area contributed by atoms with Gasteiger partial charge >= 0.3 is 0 Å². The summed E-state index contributed by atoms with van der Waals surface area (Å²) in [5.41, 5.74) is 0.313. The Labute approximate surface area is 162 Å². The molecule has 0 atom stereocenters. The Morgan fingerprint density at radius 3 is 2.61 bits per heavy atom. The Kier molecular flexibility index (Phi) is 5.03. The highest BCUT2D eigenvalue weighted by Gasteiger charge is 2.15. The van der Waals surface area contributed by atoms with Crippen LogP contribution in [0.25, 0.3) is 10.8 Å². The number of aromatic nitrogens is 3. The van der Waals surface area contributed by atoms with Crippen LogP contribution in [0.1, 0.15) is 0 Å². The lowest BCUT2D eigenvalue weighted by Gasteiger charge is -2.33. The predicted molar refractivity (Wildman–Crippen MR) is 109 cm³/mol. The SMILES string of the molecule is CN1CCN(c2ccc(NC(=O)Cn3ncc4ccccc4c3=O)cn2)CC1. The highest BCUT2D eigenvalue weighted by Crippen LogP contribution is 2.16. The monoisotopic (exact) mass is 378 g/mol. The van der Waals surface area contributed by atoms with Gasteiger partial charge in [0.05, 0.1) is 23.5 Å². The van der Waals surface area contributed by atoms with E-state index in [1.807, 2.05) is 24.3 Å². The van der Waals surface area contributed by atoms with Crippen LogP contribution >= 0.6 is 0 Å². The summed E-state index contributed by atoms with van der Waals surface area (Å²) < 4.78 is 1.17. The summed E-state index contributed by atoms with van der Waals surface area (Å²) in [5, 5.41) is 8.16.